The largest absolute Gasteiger partial charge is 0.486 e. The van der Waals surface area contributed by atoms with Crippen molar-refractivity contribution in [2.75, 3.05) is 19.8 Å². The summed E-state index contributed by atoms with van der Waals surface area (Å²) in [6, 6.07) is 8.42. The van der Waals surface area contributed by atoms with Gasteiger partial charge in [-0.15, -0.1) is 0 Å². The molecule has 2 aliphatic rings. The van der Waals surface area contributed by atoms with Crippen LogP contribution in [0.25, 0.3) is 22.1 Å². The highest BCUT2D eigenvalue weighted by Crippen LogP contribution is 2.34. The lowest BCUT2D eigenvalue weighted by Gasteiger charge is -2.40. The molecule has 45 heavy (non-hydrogen) atoms. The maximum Gasteiger partial charge on any atom is 0.408 e. The van der Waals surface area contributed by atoms with Crippen LogP contribution in [0.2, 0.25) is 0 Å². The number of aliphatic hydroxyl groups is 3. The topological polar surface area (TPSA) is 192 Å². The zero-order valence-corrected chi connectivity index (χ0v) is 25.1. The molecule has 0 saturated carbocycles. The number of benzene rings is 2. The first kappa shape index (κ1) is 32.0. The van der Waals surface area contributed by atoms with Crippen molar-refractivity contribution in [2.45, 2.75) is 70.0 Å². The third-order valence-corrected chi connectivity index (χ3v) is 7.00. The van der Waals surface area contributed by atoms with Gasteiger partial charge in [0, 0.05) is 6.07 Å². The fraction of sp³-hybridized carbons (Fsp3) is 0.452. The van der Waals surface area contributed by atoms with E-state index < -0.39 is 61.0 Å². The van der Waals surface area contributed by atoms with Crippen LogP contribution in [0, 0.1) is 0 Å². The SMILES string of the molecule is C[C@@H](NC(=O)OC(C)(C)C)C(=O)OC[C@@H]1O[C@@H](Oc2ccc3c(=O)c(-c4ccc5c(c4)OCCO5)coc3c2)[C@@H](O)[C@H](O)[C@@H]1O. The molecule has 1 amide bonds. The lowest BCUT2D eigenvalue weighted by Crippen LogP contribution is -2.60. The van der Waals surface area contributed by atoms with Gasteiger partial charge in [0.2, 0.25) is 6.29 Å². The Kier molecular flexibility index (Phi) is 9.20. The summed E-state index contributed by atoms with van der Waals surface area (Å²) in [6.45, 7) is 6.71. The molecule has 6 atom stereocenters. The number of nitrogens with one attached hydrogen (secondary N) is 1. The summed E-state index contributed by atoms with van der Waals surface area (Å²) in [5.41, 5.74) is 0.00530. The first-order chi connectivity index (χ1) is 21.3. The van der Waals surface area contributed by atoms with Crippen molar-refractivity contribution in [3.63, 3.8) is 0 Å². The van der Waals surface area contributed by atoms with Gasteiger partial charge in [-0.05, 0) is 57.5 Å². The third kappa shape index (κ3) is 7.31. The molecule has 3 heterocycles. The van der Waals surface area contributed by atoms with Gasteiger partial charge in [0.15, 0.2) is 16.9 Å². The van der Waals surface area contributed by atoms with E-state index in [4.69, 9.17) is 32.8 Å². The molecule has 3 aromatic rings. The van der Waals surface area contributed by atoms with Crippen LogP contribution in [0.3, 0.4) is 0 Å². The van der Waals surface area contributed by atoms with E-state index >= 15 is 0 Å². The van der Waals surface area contributed by atoms with Gasteiger partial charge in [-0.25, -0.2) is 9.59 Å². The van der Waals surface area contributed by atoms with Crippen molar-refractivity contribution in [2.24, 2.45) is 0 Å². The predicted molar refractivity (Wildman–Crippen MR) is 156 cm³/mol. The van der Waals surface area contributed by atoms with Crippen LogP contribution in [0.15, 0.2) is 51.9 Å². The zero-order valence-electron chi connectivity index (χ0n) is 25.1. The number of rotatable bonds is 7. The molecular formula is C31H35NO13. The normalized spacial score (nSPS) is 23.6. The van der Waals surface area contributed by atoms with Crippen molar-refractivity contribution in [1.82, 2.24) is 5.32 Å². The molecular weight excluding hydrogens is 594 g/mol. The fourth-order valence-electron chi connectivity index (χ4n) is 4.71. The van der Waals surface area contributed by atoms with Gasteiger partial charge in [-0.3, -0.25) is 4.79 Å². The third-order valence-electron chi connectivity index (χ3n) is 7.00. The van der Waals surface area contributed by atoms with Gasteiger partial charge >= 0.3 is 12.1 Å². The van der Waals surface area contributed by atoms with Crippen molar-refractivity contribution in [3.8, 4) is 28.4 Å². The van der Waals surface area contributed by atoms with Crippen LogP contribution >= 0.6 is 0 Å². The summed E-state index contributed by atoms with van der Waals surface area (Å²) < 4.78 is 38.5. The number of esters is 1. The van der Waals surface area contributed by atoms with Crippen molar-refractivity contribution < 1.29 is 57.7 Å². The molecule has 4 N–H and O–H groups in total. The number of hydrogen-bond acceptors (Lipinski definition) is 13. The molecule has 2 aromatic carbocycles. The highest BCUT2D eigenvalue weighted by Gasteiger charge is 2.45. The second-order valence-electron chi connectivity index (χ2n) is 11.6. The first-order valence-electron chi connectivity index (χ1n) is 14.3. The van der Waals surface area contributed by atoms with Gasteiger partial charge in [0.05, 0.1) is 10.9 Å². The average molecular weight is 630 g/mol. The molecule has 5 rings (SSSR count). The maximum atomic E-state index is 13.3. The second kappa shape index (κ2) is 12.9. The molecule has 0 spiro atoms. The van der Waals surface area contributed by atoms with Crippen LogP contribution in [0.4, 0.5) is 4.79 Å². The molecule has 0 radical (unpaired) electrons. The number of aliphatic hydroxyl groups excluding tert-OH is 3. The number of carbonyl (C=O) groups excluding carboxylic acids is 2. The van der Waals surface area contributed by atoms with E-state index in [1.807, 2.05) is 0 Å². The quantitative estimate of drug-likeness (QED) is 0.277. The lowest BCUT2D eigenvalue weighted by atomic mass is 9.99. The van der Waals surface area contributed by atoms with Gasteiger partial charge < -0.3 is 53.5 Å². The van der Waals surface area contributed by atoms with Gasteiger partial charge in [0.25, 0.3) is 0 Å². The number of carbonyl (C=O) groups is 2. The fourth-order valence-corrected chi connectivity index (χ4v) is 4.71. The molecule has 1 aromatic heterocycles. The van der Waals surface area contributed by atoms with Gasteiger partial charge in [0.1, 0.15) is 73.5 Å². The molecule has 1 fully saturated rings. The Balaban J connectivity index is 1.25. The standard InChI is InChI=1S/C31H35NO13/c1-15(32-30(38)45-31(2,3)4)28(37)42-14-23-25(34)26(35)27(36)29(44-23)43-17-6-7-18-21(12-17)41-13-19(24(18)33)16-5-8-20-22(11-16)40-10-9-39-20/h5-8,11-13,15,23,25-27,29,34-36H,9-10,14H2,1-4H3,(H,32,38)/t15-,23+,25-,26-,27+,29-/m1/s1. The van der Waals surface area contributed by atoms with E-state index in [1.165, 1.54) is 31.4 Å². The summed E-state index contributed by atoms with van der Waals surface area (Å²) in [5.74, 6) is 0.387. The van der Waals surface area contributed by atoms with E-state index in [1.54, 1.807) is 39.0 Å². The minimum absolute atomic E-state index is 0.122. The number of alkyl carbamates (subject to hydrolysis) is 1. The van der Waals surface area contributed by atoms with Crippen LogP contribution in [-0.2, 0) is 19.0 Å². The molecule has 1 saturated heterocycles. The summed E-state index contributed by atoms with van der Waals surface area (Å²) >= 11 is 0. The summed E-state index contributed by atoms with van der Waals surface area (Å²) in [5, 5.41) is 34.0. The van der Waals surface area contributed by atoms with E-state index in [-0.39, 0.29) is 22.1 Å². The van der Waals surface area contributed by atoms with Crippen LogP contribution in [-0.4, -0.2) is 89.6 Å². The number of amides is 1. The highest BCUT2D eigenvalue weighted by atomic mass is 16.7. The summed E-state index contributed by atoms with van der Waals surface area (Å²) in [7, 11) is 0. The molecule has 2 aliphatic heterocycles. The number of ether oxygens (including phenoxy) is 6. The van der Waals surface area contributed by atoms with Crippen LogP contribution in [0.5, 0.6) is 17.2 Å². The van der Waals surface area contributed by atoms with Gasteiger partial charge in [-0.1, -0.05) is 6.07 Å². The predicted octanol–water partition coefficient (Wildman–Crippen LogP) is 1.87. The van der Waals surface area contributed by atoms with Crippen molar-refractivity contribution >= 4 is 23.0 Å². The van der Waals surface area contributed by atoms with E-state index in [2.05, 4.69) is 5.32 Å². The Morgan fingerprint density at radius 3 is 2.47 bits per heavy atom. The molecule has 14 nitrogen and oxygen atoms in total. The van der Waals surface area contributed by atoms with Crippen molar-refractivity contribution in [1.29, 1.82) is 0 Å². The number of hydrogen-bond donors (Lipinski definition) is 4. The zero-order chi connectivity index (χ0) is 32.5. The maximum absolute atomic E-state index is 13.3. The van der Waals surface area contributed by atoms with Crippen LogP contribution in [0.1, 0.15) is 27.7 Å². The van der Waals surface area contributed by atoms with Gasteiger partial charge in [-0.2, -0.15) is 0 Å². The van der Waals surface area contributed by atoms with E-state index in [0.29, 0.717) is 35.8 Å². The van der Waals surface area contributed by atoms with Crippen molar-refractivity contribution in [3.05, 3.63) is 52.9 Å². The Morgan fingerprint density at radius 2 is 1.73 bits per heavy atom. The smallest absolute Gasteiger partial charge is 0.408 e. The Bertz CT molecular complexity index is 1610. The van der Waals surface area contributed by atoms with E-state index in [9.17, 15) is 29.7 Å². The first-order valence-corrected chi connectivity index (χ1v) is 14.3. The Labute approximate surface area is 257 Å². The summed E-state index contributed by atoms with van der Waals surface area (Å²) in [6.07, 6.45) is -7.32. The molecule has 14 heteroatoms. The summed E-state index contributed by atoms with van der Waals surface area (Å²) in [4.78, 5) is 37.7. The average Bonchev–Trinajstić information content (AvgIpc) is 2.99. The molecule has 0 unspecified atom stereocenters. The molecule has 0 aliphatic carbocycles. The minimum Gasteiger partial charge on any atom is -0.486 e. The lowest BCUT2D eigenvalue weighted by molar-refractivity contribution is -0.278. The monoisotopic (exact) mass is 629 g/mol. The number of fused-ring (bicyclic) bond motifs is 2. The minimum atomic E-state index is -1.71. The van der Waals surface area contributed by atoms with Crippen LogP contribution < -0.4 is 25.0 Å². The highest BCUT2D eigenvalue weighted by molar-refractivity contribution is 5.83. The van der Waals surface area contributed by atoms with E-state index in [0.717, 1.165) is 0 Å². The molecule has 0 bridgehead atoms. The Hall–Kier alpha value is -4.37. The second-order valence-corrected chi connectivity index (χ2v) is 11.6. The Morgan fingerprint density at radius 1 is 1.00 bits per heavy atom. The molecule has 242 valence electrons.